The molecule has 5 nitrogen and oxygen atoms in total. The Morgan fingerprint density at radius 1 is 1.30 bits per heavy atom. The van der Waals surface area contributed by atoms with Crippen LogP contribution in [-0.4, -0.2) is 20.9 Å². The first-order chi connectivity index (χ1) is 9.74. The molecule has 1 unspecified atom stereocenters. The van der Waals surface area contributed by atoms with Gasteiger partial charge in [0.15, 0.2) is 11.5 Å². The van der Waals surface area contributed by atoms with E-state index in [0.29, 0.717) is 18.0 Å². The Kier molecular flexibility index (Phi) is 3.35. The predicted octanol–water partition coefficient (Wildman–Crippen LogP) is 2.85. The van der Waals surface area contributed by atoms with Gasteiger partial charge in [0.05, 0.1) is 17.3 Å². The fraction of sp³-hybridized carbons (Fsp3) is 0.200. The highest BCUT2D eigenvalue weighted by Gasteiger charge is 2.16. The molecule has 3 aromatic rings. The Morgan fingerprint density at radius 2 is 2.15 bits per heavy atom. The molecule has 2 heterocycles. The molecular weight excluding hydrogens is 256 g/mol. The summed E-state index contributed by atoms with van der Waals surface area (Å²) in [5.41, 5.74) is 1.68. The van der Waals surface area contributed by atoms with Crippen molar-refractivity contribution in [1.29, 1.82) is 0 Å². The third-order valence-corrected chi connectivity index (χ3v) is 3.16. The fourth-order valence-corrected chi connectivity index (χ4v) is 2.10. The molecule has 0 saturated heterocycles. The number of hydrogen-bond donors (Lipinski definition) is 2. The van der Waals surface area contributed by atoms with E-state index in [9.17, 15) is 9.90 Å². The first-order valence-corrected chi connectivity index (χ1v) is 6.43. The number of imidazole rings is 1. The number of aromatic amines is 1. The minimum atomic E-state index is -0.790. The molecule has 0 aliphatic heterocycles. The van der Waals surface area contributed by atoms with Gasteiger partial charge in [-0.1, -0.05) is 12.1 Å². The summed E-state index contributed by atoms with van der Waals surface area (Å²) in [5, 5.41) is 10.1. The molecule has 0 amide bonds. The summed E-state index contributed by atoms with van der Waals surface area (Å²) < 4.78 is 5.03. The summed E-state index contributed by atoms with van der Waals surface area (Å²) in [4.78, 5) is 19.1. The summed E-state index contributed by atoms with van der Waals surface area (Å²) >= 11 is 0. The van der Waals surface area contributed by atoms with Crippen molar-refractivity contribution in [1.82, 2.24) is 9.97 Å². The number of nitrogens with one attached hydrogen (secondary N) is 1. The number of aromatic nitrogens is 2. The fourth-order valence-electron chi connectivity index (χ4n) is 2.10. The summed E-state index contributed by atoms with van der Waals surface area (Å²) in [7, 11) is 0. The van der Waals surface area contributed by atoms with Crippen molar-refractivity contribution in [2.24, 2.45) is 0 Å². The molecule has 2 N–H and O–H groups in total. The zero-order chi connectivity index (χ0) is 13.9. The topological polar surface area (TPSA) is 79.1 Å². The zero-order valence-corrected chi connectivity index (χ0v) is 10.7. The molecule has 0 aliphatic rings. The van der Waals surface area contributed by atoms with Gasteiger partial charge in [-0.15, -0.1) is 0 Å². The van der Waals surface area contributed by atoms with Gasteiger partial charge in [0.1, 0.15) is 11.9 Å². The Bertz CT molecular complexity index is 683. The second-order valence-electron chi connectivity index (χ2n) is 4.59. The third kappa shape index (κ3) is 2.48. The van der Waals surface area contributed by atoms with Gasteiger partial charge in [-0.25, -0.2) is 4.98 Å². The van der Waals surface area contributed by atoms with E-state index >= 15 is 0 Å². The predicted molar refractivity (Wildman–Crippen MR) is 73.3 cm³/mol. The number of carbonyl (C=O) groups excluding carboxylic acids is 1. The van der Waals surface area contributed by atoms with Crippen LogP contribution in [0.25, 0.3) is 11.0 Å². The van der Waals surface area contributed by atoms with E-state index in [1.54, 1.807) is 12.1 Å². The average Bonchev–Trinajstić information content (AvgIpc) is 3.12. The molecule has 2 aromatic heterocycles. The molecule has 0 fully saturated rings. The Balaban J connectivity index is 1.67. The number of aliphatic hydroxyl groups excluding tert-OH is 1. The van der Waals surface area contributed by atoms with Gasteiger partial charge in [0.25, 0.3) is 0 Å². The molecule has 0 radical (unpaired) electrons. The number of H-pyrrole nitrogens is 1. The molecule has 20 heavy (non-hydrogen) atoms. The van der Waals surface area contributed by atoms with Crippen LogP contribution in [0.3, 0.4) is 0 Å². The maximum absolute atomic E-state index is 11.8. The molecule has 102 valence electrons. The first kappa shape index (κ1) is 12.6. The molecule has 0 aliphatic carbocycles. The smallest absolute Gasteiger partial charge is 0.198 e. The van der Waals surface area contributed by atoms with Crippen molar-refractivity contribution in [3.8, 4) is 0 Å². The van der Waals surface area contributed by atoms with E-state index in [1.165, 1.54) is 6.26 Å². The lowest BCUT2D eigenvalue weighted by Crippen LogP contribution is -2.04. The van der Waals surface area contributed by atoms with E-state index in [4.69, 9.17) is 4.42 Å². The zero-order valence-electron chi connectivity index (χ0n) is 10.7. The average molecular weight is 270 g/mol. The van der Waals surface area contributed by atoms with Crippen LogP contribution in [0.2, 0.25) is 0 Å². The van der Waals surface area contributed by atoms with E-state index < -0.39 is 6.10 Å². The van der Waals surface area contributed by atoms with Crippen molar-refractivity contribution in [2.45, 2.75) is 18.9 Å². The molecule has 5 heteroatoms. The molecule has 0 bridgehead atoms. The number of para-hydroxylation sites is 2. The number of benzene rings is 1. The molecule has 0 saturated carbocycles. The van der Waals surface area contributed by atoms with Crippen LogP contribution < -0.4 is 0 Å². The Labute approximate surface area is 115 Å². The summed E-state index contributed by atoms with van der Waals surface area (Å²) in [6.07, 6.45) is 1.19. The quantitative estimate of drug-likeness (QED) is 0.699. The third-order valence-electron chi connectivity index (χ3n) is 3.16. The van der Waals surface area contributed by atoms with E-state index in [1.807, 2.05) is 24.3 Å². The number of fused-ring (bicyclic) bond motifs is 1. The van der Waals surface area contributed by atoms with E-state index in [2.05, 4.69) is 9.97 Å². The first-order valence-electron chi connectivity index (χ1n) is 6.43. The highest BCUT2D eigenvalue weighted by atomic mass is 16.3. The Morgan fingerprint density at radius 3 is 2.90 bits per heavy atom. The normalized spacial score (nSPS) is 12.7. The van der Waals surface area contributed by atoms with Crippen LogP contribution in [0, 0.1) is 0 Å². The van der Waals surface area contributed by atoms with Gasteiger partial charge < -0.3 is 14.5 Å². The number of hydrogen-bond acceptors (Lipinski definition) is 4. The maximum Gasteiger partial charge on any atom is 0.198 e. The van der Waals surface area contributed by atoms with E-state index in [0.717, 1.165) is 11.0 Å². The number of carbonyl (C=O) groups is 1. The largest absolute Gasteiger partial charge is 0.461 e. The molecule has 3 rings (SSSR count). The van der Waals surface area contributed by atoms with Gasteiger partial charge in [0, 0.05) is 6.42 Å². The van der Waals surface area contributed by atoms with Crippen molar-refractivity contribution in [2.75, 3.05) is 0 Å². The van der Waals surface area contributed by atoms with Gasteiger partial charge in [-0.05, 0) is 30.7 Å². The summed E-state index contributed by atoms with van der Waals surface area (Å²) in [5.74, 6) is 0.686. The number of Topliss-reactive ketones (excluding diaryl/α,β-unsaturated/α-hetero) is 1. The number of aliphatic hydroxyl groups is 1. The Hall–Kier alpha value is -2.40. The number of nitrogens with zero attached hydrogens (tertiary/aromatic N) is 1. The lowest BCUT2D eigenvalue weighted by atomic mass is 10.1. The summed E-state index contributed by atoms with van der Waals surface area (Å²) in [6.45, 7) is 0. The second-order valence-corrected chi connectivity index (χ2v) is 4.59. The van der Waals surface area contributed by atoms with Crippen molar-refractivity contribution >= 4 is 16.8 Å². The van der Waals surface area contributed by atoms with E-state index in [-0.39, 0.29) is 12.2 Å². The minimum absolute atomic E-state index is 0.120. The molecular formula is C15H14N2O3. The highest BCUT2D eigenvalue weighted by Crippen LogP contribution is 2.20. The number of furan rings is 1. The lowest BCUT2D eigenvalue weighted by molar-refractivity contribution is 0.0909. The lowest BCUT2D eigenvalue weighted by Gasteiger charge is -2.05. The minimum Gasteiger partial charge on any atom is -0.461 e. The van der Waals surface area contributed by atoms with Gasteiger partial charge in [-0.2, -0.15) is 0 Å². The van der Waals surface area contributed by atoms with Gasteiger partial charge in [-0.3, -0.25) is 4.79 Å². The standard InChI is InChI=1S/C15H14N2O3/c18-12(14-6-3-9-20-14)7-8-13(19)15-16-10-4-1-2-5-11(10)17-15/h1-6,9,13,19H,7-8H2,(H,16,17). The second kappa shape index (κ2) is 5.30. The van der Waals surface area contributed by atoms with Gasteiger partial charge in [0.2, 0.25) is 0 Å². The van der Waals surface area contributed by atoms with Crippen molar-refractivity contribution < 1.29 is 14.3 Å². The van der Waals surface area contributed by atoms with Crippen LogP contribution in [0.1, 0.15) is 35.3 Å². The van der Waals surface area contributed by atoms with Gasteiger partial charge >= 0.3 is 0 Å². The highest BCUT2D eigenvalue weighted by molar-refractivity contribution is 5.93. The van der Waals surface area contributed by atoms with Crippen LogP contribution in [0.4, 0.5) is 0 Å². The van der Waals surface area contributed by atoms with Crippen LogP contribution in [0.5, 0.6) is 0 Å². The summed E-state index contributed by atoms with van der Waals surface area (Å²) in [6, 6.07) is 10.8. The molecule has 1 aromatic carbocycles. The number of rotatable bonds is 5. The van der Waals surface area contributed by atoms with Crippen molar-refractivity contribution in [3.63, 3.8) is 0 Å². The molecule has 0 spiro atoms. The van der Waals surface area contributed by atoms with Crippen LogP contribution in [-0.2, 0) is 0 Å². The monoisotopic (exact) mass is 270 g/mol. The van der Waals surface area contributed by atoms with Crippen molar-refractivity contribution in [3.05, 3.63) is 54.2 Å². The van der Waals surface area contributed by atoms with Crippen LogP contribution in [0.15, 0.2) is 47.1 Å². The number of ketones is 1. The maximum atomic E-state index is 11.8. The van der Waals surface area contributed by atoms with Crippen LogP contribution >= 0.6 is 0 Å². The molecule has 1 atom stereocenters. The SMILES string of the molecule is O=C(CCC(O)c1nc2ccccc2[nH]1)c1ccco1.